The van der Waals surface area contributed by atoms with Gasteiger partial charge in [-0.2, -0.15) is 4.98 Å². The molecule has 0 aliphatic heterocycles. The number of nitrogens with two attached hydrogens (primary N) is 1. The highest BCUT2D eigenvalue weighted by atomic mass is 79.9. The molecule has 0 aliphatic carbocycles. The molecule has 0 saturated heterocycles. The maximum atomic E-state index is 10.5. The van der Waals surface area contributed by atoms with Crippen molar-refractivity contribution in [3.8, 4) is 11.4 Å². The lowest BCUT2D eigenvalue weighted by molar-refractivity contribution is -0.117. The summed E-state index contributed by atoms with van der Waals surface area (Å²) >= 11 is 3.37. The molecule has 0 unspecified atom stereocenters. The Kier molecular flexibility index (Phi) is 4.06. The van der Waals surface area contributed by atoms with E-state index in [1.807, 2.05) is 24.3 Å². The van der Waals surface area contributed by atoms with Gasteiger partial charge in [-0.15, -0.1) is 0 Å². The number of carbonyl (C=O) groups is 1. The van der Waals surface area contributed by atoms with Crippen LogP contribution in [0.1, 0.15) is 5.89 Å². The van der Waals surface area contributed by atoms with Crippen LogP contribution in [0.5, 0.6) is 0 Å². The van der Waals surface area contributed by atoms with Crippen molar-refractivity contribution in [2.45, 2.75) is 6.54 Å². The fourth-order valence-corrected chi connectivity index (χ4v) is 1.76. The van der Waals surface area contributed by atoms with Crippen LogP contribution in [-0.2, 0) is 11.3 Å². The second-order valence-corrected chi connectivity index (χ2v) is 4.51. The van der Waals surface area contributed by atoms with Crippen LogP contribution in [-0.4, -0.2) is 22.6 Å². The Morgan fingerprint density at radius 2 is 2.33 bits per heavy atom. The molecule has 0 saturated carbocycles. The van der Waals surface area contributed by atoms with Gasteiger partial charge in [0.25, 0.3) is 0 Å². The Balaban J connectivity index is 2.04. The molecule has 6 nitrogen and oxygen atoms in total. The van der Waals surface area contributed by atoms with Gasteiger partial charge < -0.3 is 10.3 Å². The number of hydrogen-bond acceptors (Lipinski definition) is 5. The van der Waals surface area contributed by atoms with Crippen LogP contribution in [0.2, 0.25) is 0 Å². The summed E-state index contributed by atoms with van der Waals surface area (Å²) in [6.45, 7) is 0.387. The molecule has 0 bridgehead atoms. The van der Waals surface area contributed by atoms with Crippen LogP contribution < -0.4 is 11.1 Å². The standard InChI is InChI=1S/C11H11BrN4O2/c12-8-3-1-2-7(4-8)11-15-10(18-16-11)6-14-5-9(13)17/h1-4,14H,5-6H2,(H2,13,17). The number of aromatic nitrogens is 2. The van der Waals surface area contributed by atoms with E-state index in [4.69, 9.17) is 10.3 Å². The van der Waals surface area contributed by atoms with Gasteiger partial charge in [-0.1, -0.05) is 33.2 Å². The summed E-state index contributed by atoms with van der Waals surface area (Å²) in [6, 6.07) is 7.58. The second kappa shape index (κ2) is 5.74. The SMILES string of the molecule is NC(=O)CNCc1nc(-c2cccc(Br)c2)no1. The normalized spacial score (nSPS) is 10.5. The minimum absolute atomic E-state index is 0.0780. The minimum Gasteiger partial charge on any atom is -0.369 e. The zero-order valence-electron chi connectivity index (χ0n) is 9.39. The number of nitrogens with zero attached hydrogens (tertiary/aromatic N) is 2. The smallest absolute Gasteiger partial charge is 0.240 e. The summed E-state index contributed by atoms with van der Waals surface area (Å²) in [5, 5.41) is 6.66. The van der Waals surface area contributed by atoms with Gasteiger partial charge in [0.15, 0.2) is 0 Å². The van der Waals surface area contributed by atoms with E-state index in [2.05, 4.69) is 31.4 Å². The van der Waals surface area contributed by atoms with E-state index in [0.717, 1.165) is 10.0 Å². The molecular formula is C11H11BrN4O2. The first-order valence-corrected chi connectivity index (χ1v) is 6.02. The third-order valence-corrected chi connectivity index (χ3v) is 2.62. The maximum Gasteiger partial charge on any atom is 0.240 e. The number of rotatable bonds is 5. The molecule has 1 amide bonds. The van der Waals surface area contributed by atoms with Gasteiger partial charge in [0, 0.05) is 10.0 Å². The van der Waals surface area contributed by atoms with Crippen molar-refractivity contribution in [2.24, 2.45) is 5.73 Å². The van der Waals surface area contributed by atoms with Crippen LogP contribution in [0.25, 0.3) is 11.4 Å². The molecule has 0 spiro atoms. The number of nitrogens with one attached hydrogen (secondary N) is 1. The van der Waals surface area contributed by atoms with Crippen molar-refractivity contribution in [3.63, 3.8) is 0 Å². The first-order chi connectivity index (χ1) is 8.65. The highest BCUT2D eigenvalue weighted by molar-refractivity contribution is 9.10. The minimum atomic E-state index is -0.429. The third kappa shape index (κ3) is 3.38. The maximum absolute atomic E-state index is 10.5. The first kappa shape index (κ1) is 12.7. The van der Waals surface area contributed by atoms with E-state index >= 15 is 0 Å². The summed E-state index contributed by atoms with van der Waals surface area (Å²) < 4.78 is 5.99. The van der Waals surface area contributed by atoms with Crippen LogP contribution in [0.15, 0.2) is 33.3 Å². The Morgan fingerprint density at radius 1 is 1.50 bits per heavy atom. The summed E-state index contributed by atoms with van der Waals surface area (Å²) in [5.74, 6) is 0.486. The molecule has 0 atom stereocenters. The molecular weight excluding hydrogens is 300 g/mol. The average Bonchev–Trinajstić information content (AvgIpc) is 2.77. The average molecular weight is 311 g/mol. The van der Waals surface area contributed by atoms with Gasteiger partial charge in [0.05, 0.1) is 13.1 Å². The largest absolute Gasteiger partial charge is 0.369 e. The van der Waals surface area contributed by atoms with Crippen molar-refractivity contribution in [1.29, 1.82) is 0 Å². The molecule has 1 heterocycles. The first-order valence-electron chi connectivity index (χ1n) is 5.22. The molecule has 2 aromatic rings. The number of amides is 1. The third-order valence-electron chi connectivity index (χ3n) is 2.13. The Bertz CT molecular complexity index is 555. The van der Waals surface area contributed by atoms with Crippen molar-refractivity contribution in [1.82, 2.24) is 15.5 Å². The van der Waals surface area contributed by atoms with Gasteiger partial charge >= 0.3 is 0 Å². The number of carbonyl (C=O) groups excluding carboxylic acids is 1. The van der Waals surface area contributed by atoms with Gasteiger partial charge in [-0.25, -0.2) is 0 Å². The Labute approximate surface area is 112 Å². The lowest BCUT2D eigenvalue weighted by Crippen LogP contribution is -2.28. The second-order valence-electron chi connectivity index (χ2n) is 3.59. The van der Waals surface area contributed by atoms with Crippen LogP contribution >= 0.6 is 15.9 Å². The monoisotopic (exact) mass is 310 g/mol. The fourth-order valence-electron chi connectivity index (χ4n) is 1.36. The number of hydrogen-bond donors (Lipinski definition) is 2. The Morgan fingerprint density at radius 3 is 3.06 bits per heavy atom. The summed E-state index contributed by atoms with van der Waals surface area (Å²) in [6.07, 6.45) is 0. The topological polar surface area (TPSA) is 94.0 Å². The summed E-state index contributed by atoms with van der Waals surface area (Å²) in [4.78, 5) is 14.7. The molecule has 0 radical (unpaired) electrons. The van der Waals surface area contributed by atoms with Gasteiger partial charge in [-0.05, 0) is 12.1 Å². The van der Waals surface area contributed by atoms with Crippen LogP contribution in [0.4, 0.5) is 0 Å². The van der Waals surface area contributed by atoms with Crippen LogP contribution in [0.3, 0.4) is 0 Å². The summed E-state index contributed by atoms with van der Waals surface area (Å²) in [7, 11) is 0. The van der Waals surface area contributed by atoms with Crippen molar-refractivity contribution < 1.29 is 9.32 Å². The van der Waals surface area contributed by atoms with Gasteiger partial charge in [0.2, 0.25) is 17.6 Å². The summed E-state index contributed by atoms with van der Waals surface area (Å²) in [5.41, 5.74) is 5.85. The van der Waals surface area contributed by atoms with Gasteiger partial charge in [-0.3, -0.25) is 10.1 Å². The predicted octanol–water partition coefficient (Wildman–Crippen LogP) is 1.07. The number of primary amides is 1. The zero-order chi connectivity index (χ0) is 13.0. The van der Waals surface area contributed by atoms with E-state index in [-0.39, 0.29) is 6.54 Å². The zero-order valence-corrected chi connectivity index (χ0v) is 11.0. The quantitative estimate of drug-likeness (QED) is 0.861. The molecule has 94 valence electrons. The van der Waals surface area contributed by atoms with Crippen LogP contribution in [0, 0.1) is 0 Å². The van der Waals surface area contributed by atoms with Crippen molar-refractivity contribution >= 4 is 21.8 Å². The van der Waals surface area contributed by atoms with E-state index in [1.54, 1.807) is 0 Å². The molecule has 18 heavy (non-hydrogen) atoms. The number of halogens is 1. The lowest BCUT2D eigenvalue weighted by atomic mass is 10.2. The molecule has 3 N–H and O–H groups in total. The van der Waals surface area contributed by atoms with Crippen molar-refractivity contribution in [2.75, 3.05) is 6.54 Å². The Hall–Kier alpha value is -1.73. The molecule has 0 fully saturated rings. The lowest BCUT2D eigenvalue weighted by Gasteiger charge is -1.96. The molecule has 7 heteroatoms. The molecule has 1 aromatic heterocycles. The predicted molar refractivity (Wildman–Crippen MR) is 68.3 cm³/mol. The molecule has 0 aliphatic rings. The van der Waals surface area contributed by atoms with E-state index in [0.29, 0.717) is 18.3 Å². The van der Waals surface area contributed by atoms with E-state index < -0.39 is 5.91 Å². The fraction of sp³-hybridized carbons (Fsp3) is 0.182. The highest BCUT2D eigenvalue weighted by Crippen LogP contribution is 2.20. The molecule has 1 aromatic carbocycles. The van der Waals surface area contributed by atoms with Gasteiger partial charge in [0.1, 0.15) is 0 Å². The van der Waals surface area contributed by atoms with E-state index in [1.165, 1.54) is 0 Å². The number of benzene rings is 1. The highest BCUT2D eigenvalue weighted by Gasteiger charge is 2.08. The van der Waals surface area contributed by atoms with E-state index in [9.17, 15) is 4.79 Å². The van der Waals surface area contributed by atoms with Crippen molar-refractivity contribution in [3.05, 3.63) is 34.6 Å². The molecule has 2 rings (SSSR count).